The molecule has 2 aliphatic carbocycles. The van der Waals surface area contributed by atoms with E-state index in [-0.39, 0.29) is 48.0 Å². The molecule has 6 heterocycles. The van der Waals surface area contributed by atoms with Crippen LogP contribution in [0.25, 0.3) is 0 Å². The molecule has 20 heteroatoms. The summed E-state index contributed by atoms with van der Waals surface area (Å²) >= 11 is 0. The molecule has 76 heavy (non-hydrogen) atoms. The van der Waals surface area contributed by atoms with Crippen LogP contribution in [-0.4, -0.2) is 59.5 Å². The van der Waals surface area contributed by atoms with Crippen LogP contribution in [0.3, 0.4) is 0 Å². The Bertz CT molecular complexity index is 3060. The van der Waals surface area contributed by atoms with Gasteiger partial charge in [0.15, 0.2) is 23.0 Å². The van der Waals surface area contributed by atoms with Crippen LogP contribution in [0.1, 0.15) is 131 Å². The Morgan fingerprint density at radius 1 is 0.539 bits per heavy atom. The van der Waals surface area contributed by atoms with Crippen molar-refractivity contribution in [3.8, 4) is 34.5 Å². The van der Waals surface area contributed by atoms with Crippen molar-refractivity contribution in [2.45, 2.75) is 100 Å². The minimum absolute atomic E-state index is 0.0614. The number of nitrogens with zero attached hydrogens (tertiary/aromatic N) is 2. The van der Waals surface area contributed by atoms with Crippen LogP contribution in [-0.2, 0) is 29.9 Å². The Morgan fingerprint density at radius 2 is 0.947 bits per heavy atom. The summed E-state index contributed by atoms with van der Waals surface area (Å²) in [5.41, 5.74) is 3.42. The van der Waals surface area contributed by atoms with Gasteiger partial charge >= 0.3 is 24.5 Å². The van der Waals surface area contributed by atoms with Crippen molar-refractivity contribution in [1.82, 2.24) is 20.6 Å². The molecule has 4 atom stereocenters. The Morgan fingerprint density at radius 3 is 1.34 bits per heavy atom. The van der Waals surface area contributed by atoms with Crippen molar-refractivity contribution in [2.75, 3.05) is 13.2 Å². The first kappa shape index (κ1) is 49.8. The van der Waals surface area contributed by atoms with E-state index in [1.54, 1.807) is 99.3 Å². The van der Waals surface area contributed by atoms with E-state index in [0.717, 1.165) is 22.3 Å². The summed E-state index contributed by atoms with van der Waals surface area (Å²) in [5.74, 6) is -0.498. The number of fused-ring (bicyclic) bond motifs is 4. The lowest BCUT2D eigenvalue weighted by molar-refractivity contribution is -0.287. The fraction of sp³-hybridized carbons (Fsp3) is 0.321. The van der Waals surface area contributed by atoms with Crippen LogP contribution in [0.2, 0.25) is 0 Å². The summed E-state index contributed by atoms with van der Waals surface area (Å²) in [6.45, 7) is 4.02. The van der Waals surface area contributed by atoms with Crippen molar-refractivity contribution < 1.29 is 74.6 Å². The molecule has 2 fully saturated rings. The molecule has 6 aromatic rings. The number of hydrogen-bond acceptors (Lipinski definition) is 14. The van der Waals surface area contributed by atoms with Crippen molar-refractivity contribution in [1.29, 1.82) is 0 Å². The number of nitrogens with one attached hydrogen (secondary N) is 2. The molecule has 16 nitrogen and oxygen atoms in total. The molecule has 12 rings (SSSR count). The van der Waals surface area contributed by atoms with E-state index >= 15 is 0 Å². The van der Waals surface area contributed by atoms with E-state index in [4.69, 9.17) is 18.9 Å². The van der Waals surface area contributed by atoms with E-state index in [1.807, 2.05) is 12.1 Å². The second-order valence-electron chi connectivity index (χ2n) is 19.1. The molecule has 2 saturated carbocycles. The predicted octanol–water partition coefficient (Wildman–Crippen LogP) is 9.99. The lowest BCUT2D eigenvalue weighted by Crippen LogP contribution is -2.39. The summed E-state index contributed by atoms with van der Waals surface area (Å²) < 4.78 is 94.9. The van der Waals surface area contributed by atoms with Crippen LogP contribution in [0, 0.1) is 0 Å². The highest BCUT2D eigenvalue weighted by molar-refractivity contribution is 5.93. The molecule has 0 unspecified atom stereocenters. The second kappa shape index (κ2) is 19.4. The largest absolute Gasteiger partial charge is 0.586 e. The predicted molar refractivity (Wildman–Crippen MR) is 258 cm³/mol. The van der Waals surface area contributed by atoms with E-state index < -0.39 is 59.6 Å². The van der Waals surface area contributed by atoms with E-state index in [2.05, 4.69) is 39.5 Å². The van der Waals surface area contributed by atoms with Crippen LogP contribution in [0.15, 0.2) is 122 Å². The number of rotatable bonds is 12. The van der Waals surface area contributed by atoms with Crippen LogP contribution in [0.4, 0.5) is 17.6 Å². The van der Waals surface area contributed by atoms with E-state index in [9.17, 15) is 36.7 Å². The number of carbonyl (C=O) groups excluding carboxylic acids is 4. The summed E-state index contributed by atoms with van der Waals surface area (Å²) in [7, 11) is 0. The molecular formula is C56H48F4N4O12. The minimum Gasteiger partial charge on any atom is -0.484 e. The third-order valence-corrected chi connectivity index (χ3v) is 14.2. The first-order valence-electron chi connectivity index (χ1n) is 24.7. The number of esters is 2. The lowest BCUT2D eigenvalue weighted by Gasteiger charge is -2.33. The molecule has 2 N–H and O–H groups in total. The van der Waals surface area contributed by atoms with Gasteiger partial charge in [-0.15, -0.1) is 17.6 Å². The maximum absolute atomic E-state index is 13.6. The highest BCUT2D eigenvalue weighted by atomic mass is 19.3. The van der Waals surface area contributed by atoms with E-state index in [0.29, 0.717) is 72.3 Å². The molecular weight excluding hydrogens is 997 g/mol. The number of carbonyl (C=O) groups is 4. The van der Waals surface area contributed by atoms with Crippen LogP contribution < -0.4 is 39.1 Å². The molecule has 0 saturated heterocycles. The van der Waals surface area contributed by atoms with Gasteiger partial charge in [0.2, 0.25) is 11.8 Å². The molecule has 2 amide bonds. The standard InChI is InChI=1S/2C28H24F2N2O6/c2*1-2-35-25(33)17-5-3-4-16(12-17)22-14-20(19-8-11-31-15-24(19)36-22)32-26(34)27(9-10-27)18-6-7-21-23(13-18)38-28(29,30)37-21/h2*3-8,11-13,15,20,22H,2,9-10,14H2,1H3,(H,32,34)/t2*20-,22-/m10/s1. The number of halogens is 4. The van der Waals surface area contributed by atoms with Crippen molar-refractivity contribution in [3.05, 3.63) is 166 Å². The first-order valence-corrected chi connectivity index (χ1v) is 24.7. The highest BCUT2D eigenvalue weighted by Crippen LogP contribution is 2.54. The highest BCUT2D eigenvalue weighted by Gasteiger charge is 2.55. The van der Waals surface area contributed by atoms with Gasteiger partial charge in [-0.2, -0.15) is 0 Å². The number of aromatic nitrogens is 2. The van der Waals surface area contributed by atoms with Crippen molar-refractivity contribution >= 4 is 23.8 Å². The van der Waals surface area contributed by atoms with Gasteiger partial charge in [0, 0.05) is 36.4 Å². The van der Waals surface area contributed by atoms with Crippen LogP contribution >= 0.6 is 0 Å². The van der Waals surface area contributed by atoms with Gasteiger partial charge in [0.25, 0.3) is 0 Å². The molecule has 4 aliphatic heterocycles. The number of hydrogen-bond donors (Lipinski definition) is 2. The number of alkyl halides is 4. The average Bonchev–Trinajstić information content (AvgIpc) is 4.35. The summed E-state index contributed by atoms with van der Waals surface area (Å²) in [4.78, 5) is 60.1. The zero-order valence-corrected chi connectivity index (χ0v) is 40.8. The lowest BCUT2D eigenvalue weighted by atomic mass is 9.90. The zero-order valence-electron chi connectivity index (χ0n) is 40.8. The summed E-state index contributed by atoms with van der Waals surface area (Å²) in [6.07, 6.45) is 1.25. The Kier molecular flexibility index (Phi) is 12.7. The zero-order chi connectivity index (χ0) is 53.0. The molecule has 0 bridgehead atoms. The van der Waals surface area contributed by atoms with Crippen molar-refractivity contribution in [3.63, 3.8) is 0 Å². The van der Waals surface area contributed by atoms with Gasteiger partial charge in [-0.1, -0.05) is 36.4 Å². The SMILES string of the molecule is CCOC(=O)c1cccc([C@@H]2C[C@H](NC(=O)C3(c4ccc5c(c4)OC(F)(F)O5)CC3)c3ccncc3O2)c1.CCOC(=O)c1cccc([C@H]2C[C@@H](NC(=O)C3(c4ccc5c(c4)OC(F)(F)O5)CC3)c3ccncc3O2)c1. The average molecular weight is 1050 g/mol. The summed E-state index contributed by atoms with van der Waals surface area (Å²) in [5, 5.41) is 6.32. The smallest absolute Gasteiger partial charge is 0.484 e. The number of benzene rings is 4. The maximum atomic E-state index is 13.6. The number of pyridine rings is 2. The van der Waals surface area contributed by atoms with Crippen LogP contribution in [0.5, 0.6) is 34.5 Å². The molecule has 6 aliphatic rings. The fourth-order valence-corrected chi connectivity index (χ4v) is 10.1. The van der Waals surface area contributed by atoms with Gasteiger partial charge in [-0.25, -0.2) is 9.59 Å². The summed E-state index contributed by atoms with van der Waals surface area (Å²) in [6, 6.07) is 25.8. The van der Waals surface area contributed by atoms with Gasteiger partial charge in [0.1, 0.15) is 23.7 Å². The Hall–Kier alpha value is -8.42. The third-order valence-electron chi connectivity index (χ3n) is 14.2. The van der Waals surface area contributed by atoms with Gasteiger partial charge in [-0.3, -0.25) is 19.6 Å². The third kappa shape index (κ3) is 9.74. The quantitative estimate of drug-likeness (QED) is 0.0869. The maximum Gasteiger partial charge on any atom is 0.586 e. The Balaban J connectivity index is 0.000000162. The monoisotopic (exact) mass is 1040 g/mol. The first-order chi connectivity index (χ1) is 36.6. The number of ether oxygens (including phenoxy) is 8. The van der Waals surface area contributed by atoms with Gasteiger partial charge in [-0.05, 0) is 122 Å². The molecule has 392 valence electrons. The molecule has 0 spiro atoms. The Labute approximate surface area is 431 Å². The topological polar surface area (TPSA) is 192 Å². The number of amides is 2. The normalized spacial score (nSPS) is 21.6. The fourth-order valence-electron chi connectivity index (χ4n) is 10.1. The molecule has 0 radical (unpaired) electrons. The minimum atomic E-state index is -3.72. The second-order valence-corrected chi connectivity index (χ2v) is 19.1. The van der Waals surface area contributed by atoms with E-state index in [1.165, 1.54) is 24.3 Å². The van der Waals surface area contributed by atoms with Gasteiger partial charge in [0.05, 0.1) is 59.6 Å². The molecule has 4 aromatic carbocycles. The van der Waals surface area contributed by atoms with Gasteiger partial charge < -0.3 is 48.5 Å². The van der Waals surface area contributed by atoms with Crippen molar-refractivity contribution in [2.24, 2.45) is 0 Å². The molecule has 2 aromatic heterocycles.